The molecule has 0 rings (SSSR count). The van der Waals surface area contributed by atoms with Crippen LogP contribution in [0.4, 0.5) is 0 Å². The van der Waals surface area contributed by atoms with E-state index in [-0.39, 0.29) is 0 Å². The molecule has 0 aliphatic heterocycles. The Bertz CT molecular complexity index is 238. The summed E-state index contributed by atoms with van der Waals surface area (Å²) in [5, 5.41) is 17.6. The molecular weight excluding hydrogens is 208 g/mol. The predicted octanol–water partition coefficient (Wildman–Crippen LogP) is 1.10. The summed E-state index contributed by atoms with van der Waals surface area (Å²) < 4.78 is 4.94. The average molecular weight is 228 g/mol. The molecule has 1 unspecified atom stereocenters. The van der Waals surface area contributed by atoms with Gasteiger partial charge in [0.1, 0.15) is 6.04 Å². The summed E-state index contributed by atoms with van der Waals surface area (Å²) in [5.74, 6) is -0.823. The van der Waals surface area contributed by atoms with E-state index in [1.807, 2.05) is 13.0 Å². The molecule has 1 atom stereocenters. The number of methoxy groups -OCH3 is 1. The van der Waals surface area contributed by atoms with Crippen molar-refractivity contribution in [1.29, 1.82) is 5.26 Å². The molecule has 0 saturated carbocycles. The number of hydrogen-bond acceptors (Lipinski definition) is 4. The maximum Gasteiger partial charge on any atom is 0.320 e. The lowest BCUT2D eigenvalue weighted by molar-refractivity contribution is -0.143. The molecule has 92 valence electrons. The van der Waals surface area contributed by atoms with E-state index in [9.17, 15) is 4.79 Å². The lowest BCUT2D eigenvalue weighted by Gasteiger charge is -2.27. The van der Waals surface area contributed by atoms with E-state index in [1.54, 1.807) is 12.0 Å². The highest BCUT2D eigenvalue weighted by Gasteiger charge is 2.23. The maximum absolute atomic E-state index is 11.1. The quantitative estimate of drug-likeness (QED) is 0.639. The first kappa shape index (κ1) is 14.9. The summed E-state index contributed by atoms with van der Waals surface area (Å²) in [4.78, 5) is 12.9. The zero-order valence-corrected chi connectivity index (χ0v) is 9.98. The van der Waals surface area contributed by atoms with Gasteiger partial charge in [-0.25, -0.2) is 0 Å². The number of carbonyl (C=O) groups is 1. The SMILES string of the molecule is CCCC(C(=O)O)N(CCC#N)CCOC. The second kappa shape index (κ2) is 9.13. The van der Waals surface area contributed by atoms with Crippen molar-refractivity contribution in [1.82, 2.24) is 4.90 Å². The van der Waals surface area contributed by atoms with Crippen molar-refractivity contribution in [2.75, 3.05) is 26.8 Å². The van der Waals surface area contributed by atoms with Crippen molar-refractivity contribution in [3.63, 3.8) is 0 Å². The second-order valence-electron chi connectivity index (χ2n) is 3.58. The minimum Gasteiger partial charge on any atom is -0.480 e. The van der Waals surface area contributed by atoms with Gasteiger partial charge < -0.3 is 9.84 Å². The van der Waals surface area contributed by atoms with Crippen LogP contribution < -0.4 is 0 Å². The zero-order chi connectivity index (χ0) is 12.4. The van der Waals surface area contributed by atoms with Crippen molar-refractivity contribution >= 4 is 5.97 Å². The molecule has 0 spiro atoms. The monoisotopic (exact) mass is 228 g/mol. The minimum absolute atomic E-state index is 0.344. The summed E-state index contributed by atoms with van der Waals surface area (Å²) in [7, 11) is 1.58. The topological polar surface area (TPSA) is 73.6 Å². The van der Waals surface area contributed by atoms with E-state index in [0.29, 0.717) is 32.5 Å². The summed E-state index contributed by atoms with van der Waals surface area (Å²) in [6, 6.07) is 1.53. The van der Waals surface area contributed by atoms with Crippen molar-refractivity contribution in [2.24, 2.45) is 0 Å². The van der Waals surface area contributed by atoms with Crippen LogP contribution in [0.5, 0.6) is 0 Å². The van der Waals surface area contributed by atoms with Gasteiger partial charge in [0.15, 0.2) is 0 Å². The first-order chi connectivity index (χ1) is 7.67. The first-order valence-corrected chi connectivity index (χ1v) is 5.50. The van der Waals surface area contributed by atoms with Gasteiger partial charge in [0.05, 0.1) is 12.7 Å². The van der Waals surface area contributed by atoms with Crippen LogP contribution in [0.15, 0.2) is 0 Å². The number of nitrogens with zero attached hydrogens (tertiary/aromatic N) is 2. The highest BCUT2D eigenvalue weighted by Crippen LogP contribution is 2.08. The highest BCUT2D eigenvalue weighted by molar-refractivity contribution is 5.73. The van der Waals surface area contributed by atoms with Crippen LogP contribution in [0.2, 0.25) is 0 Å². The van der Waals surface area contributed by atoms with E-state index >= 15 is 0 Å². The summed E-state index contributed by atoms with van der Waals surface area (Å²) in [6.45, 7) is 3.47. The fraction of sp³-hybridized carbons (Fsp3) is 0.818. The number of hydrogen-bond donors (Lipinski definition) is 1. The Morgan fingerprint density at radius 2 is 2.25 bits per heavy atom. The highest BCUT2D eigenvalue weighted by atomic mass is 16.5. The minimum atomic E-state index is -0.823. The Morgan fingerprint density at radius 3 is 2.69 bits per heavy atom. The van der Waals surface area contributed by atoms with Crippen LogP contribution in [0.3, 0.4) is 0 Å². The summed E-state index contributed by atoms with van der Waals surface area (Å²) >= 11 is 0. The second-order valence-corrected chi connectivity index (χ2v) is 3.58. The maximum atomic E-state index is 11.1. The van der Waals surface area contributed by atoms with Crippen LogP contribution in [0.1, 0.15) is 26.2 Å². The molecule has 0 aliphatic carbocycles. The van der Waals surface area contributed by atoms with Crippen molar-refractivity contribution in [3.05, 3.63) is 0 Å². The molecule has 0 aromatic heterocycles. The zero-order valence-electron chi connectivity index (χ0n) is 9.98. The molecule has 0 bridgehead atoms. The lowest BCUT2D eigenvalue weighted by Crippen LogP contribution is -2.43. The molecule has 0 radical (unpaired) electrons. The Balaban J connectivity index is 4.40. The third kappa shape index (κ3) is 5.69. The van der Waals surface area contributed by atoms with E-state index in [1.165, 1.54) is 0 Å². The molecule has 0 aromatic carbocycles. The van der Waals surface area contributed by atoms with Crippen LogP contribution in [-0.4, -0.2) is 48.8 Å². The number of aliphatic carboxylic acids is 1. The Labute approximate surface area is 96.6 Å². The third-order valence-corrected chi connectivity index (χ3v) is 2.38. The molecule has 0 aromatic rings. The van der Waals surface area contributed by atoms with Gasteiger partial charge in [-0.2, -0.15) is 5.26 Å². The fourth-order valence-electron chi connectivity index (χ4n) is 1.56. The molecule has 0 fully saturated rings. The van der Waals surface area contributed by atoms with Gasteiger partial charge in [0.2, 0.25) is 0 Å². The molecule has 0 saturated heterocycles. The van der Waals surface area contributed by atoms with Crippen LogP contribution in [0.25, 0.3) is 0 Å². The smallest absolute Gasteiger partial charge is 0.320 e. The average Bonchev–Trinajstić information content (AvgIpc) is 2.26. The largest absolute Gasteiger partial charge is 0.480 e. The van der Waals surface area contributed by atoms with Gasteiger partial charge in [0.25, 0.3) is 0 Å². The van der Waals surface area contributed by atoms with E-state index < -0.39 is 12.0 Å². The first-order valence-electron chi connectivity index (χ1n) is 5.50. The Kier molecular flexibility index (Phi) is 8.49. The lowest BCUT2D eigenvalue weighted by atomic mass is 10.1. The fourth-order valence-corrected chi connectivity index (χ4v) is 1.56. The molecule has 5 nitrogen and oxygen atoms in total. The standard InChI is InChI=1S/C11H20N2O3/c1-3-5-10(11(14)15)13(7-4-6-12)8-9-16-2/h10H,3-5,7-9H2,1-2H3,(H,14,15). The van der Waals surface area contributed by atoms with E-state index in [2.05, 4.69) is 0 Å². The number of carboxylic acids is 1. The van der Waals surface area contributed by atoms with Gasteiger partial charge in [-0.1, -0.05) is 13.3 Å². The summed E-state index contributed by atoms with van der Waals surface area (Å²) in [5.41, 5.74) is 0. The van der Waals surface area contributed by atoms with Gasteiger partial charge in [0, 0.05) is 26.6 Å². The molecule has 0 heterocycles. The number of nitriles is 1. The van der Waals surface area contributed by atoms with Crippen LogP contribution in [-0.2, 0) is 9.53 Å². The third-order valence-electron chi connectivity index (χ3n) is 2.38. The van der Waals surface area contributed by atoms with E-state index in [0.717, 1.165) is 6.42 Å². The Morgan fingerprint density at radius 1 is 1.56 bits per heavy atom. The normalized spacial score (nSPS) is 12.4. The molecule has 0 amide bonds. The summed E-state index contributed by atoms with van der Waals surface area (Å²) in [6.07, 6.45) is 1.76. The van der Waals surface area contributed by atoms with Crippen molar-refractivity contribution in [3.8, 4) is 6.07 Å². The van der Waals surface area contributed by atoms with Crippen molar-refractivity contribution < 1.29 is 14.6 Å². The molecule has 16 heavy (non-hydrogen) atoms. The molecule has 5 heteroatoms. The number of rotatable bonds is 9. The van der Waals surface area contributed by atoms with Gasteiger partial charge >= 0.3 is 5.97 Å². The van der Waals surface area contributed by atoms with Crippen molar-refractivity contribution in [2.45, 2.75) is 32.2 Å². The number of carboxylic acid groups (broad SMARTS) is 1. The molecule has 1 N–H and O–H groups in total. The van der Waals surface area contributed by atoms with Crippen LogP contribution >= 0.6 is 0 Å². The Hall–Kier alpha value is -1.12. The molecule has 0 aliphatic rings. The van der Waals surface area contributed by atoms with E-state index in [4.69, 9.17) is 15.1 Å². The number of ether oxygens (including phenoxy) is 1. The van der Waals surface area contributed by atoms with Gasteiger partial charge in [-0.05, 0) is 6.42 Å². The predicted molar refractivity (Wildman–Crippen MR) is 60.0 cm³/mol. The van der Waals surface area contributed by atoms with Gasteiger partial charge in [-0.15, -0.1) is 0 Å². The van der Waals surface area contributed by atoms with Gasteiger partial charge in [-0.3, -0.25) is 9.69 Å². The van der Waals surface area contributed by atoms with Crippen LogP contribution in [0, 0.1) is 11.3 Å². The molecular formula is C11H20N2O3.